The molecule has 0 saturated heterocycles. The van der Waals surface area contributed by atoms with Gasteiger partial charge in [-0.05, 0) is 30.7 Å². The van der Waals surface area contributed by atoms with Crippen LogP contribution in [0.2, 0.25) is 0 Å². The third-order valence-electron chi connectivity index (χ3n) is 3.46. The number of benzene rings is 2. The normalized spacial score (nSPS) is 10.9. The maximum Gasteiger partial charge on any atom is 0.405 e. The predicted octanol–water partition coefficient (Wildman–Crippen LogP) is 3.78. The molecular formula is C19H19F3N2O3. The number of alkyl halides is 3. The quantitative estimate of drug-likeness (QED) is 0.685. The average molecular weight is 380 g/mol. The van der Waals surface area contributed by atoms with E-state index in [4.69, 9.17) is 4.74 Å². The number of carbonyl (C=O) groups is 2. The van der Waals surface area contributed by atoms with E-state index in [9.17, 15) is 22.8 Å². The Morgan fingerprint density at radius 3 is 2.33 bits per heavy atom. The van der Waals surface area contributed by atoms with Gasteiger partial charge in [0.25, 0.3) is 5.91 Å². The van der Waals surface area contributed by atoms with Crippen molar-refractivity contribution in [3.8, 4) is 5.75 Å². The lowest BCUT2D eigenvalue weighted by atomic mass is 10.1. The van der Waals surface area contributed by atoms with Crippen molar-refractivity contribution >= 4 is 17.5 Å². The SMILES string of the molecule is O=C(CCCOc1ccccc1)Nc1ccccc1C(=O)NCC(F)(F)F. The summed E-state index contributed by atoms with van der Waals surface area (Å²) in [7, 11) is 0. The standard InChI is InChI=1S/C19H19F3N2O3/c20-19(21,22)13-23-18(26)15-9-4-5-10-16(15)24-17(25)11-6-12-27-14-7-2-1-3-8-14/h1-5,7-10H,6,11-13H2,(H,23,26)(H,24,25). The molecule has 0 unspecified atom stereocenters. The Morgan fingerprint density at radius 2 is 1.63 bits per heavy atom. The number of para-hydroxylation sites is 2. The Hall–Kier alpha value is -3.03. The minimum Gasteiger partial charge on any atom is -0.494 e. The first-order valence-corrected chi connectivity index (χ1v) is 8.27. The molecule has 0 radical (unpaired) electrons. The summed E-state index contributed by atoms with van der Waals surface area (Å²) in [5.74, 6) is -0.567. The summed E-state index contributed by atoms with van der Waals surface area (Å²) >= 11 is 0. The Morgan fingerprint density at radius 1 is 0.963 bits per heavy atom. The van der Waals surface area contributed by atoms with E-state index in [1.54, 1.807) is 23.5 Å². The summed E-state index contributed by atoms with van der Waals surface area (Å²) in [5.41, 5.74) is 0.127. The topological polar surface area (TPSA) is 67.4 Å². The molecule has 0 spiro atoms. The van der Waals surface area contributed by atoms with Gasteiger partial charge >= 0.3 is 6.18 Å². The van der Waals surface area contributed by atoms with Gasteiger partial charge in [-0.1, -0.05) is 30.3 Å². The molecule has 0 aliphatic rings. The van der Waals surface area contributed by atoms with Gasteiger partial charge in [-0.15, -0.1) is 0 Å². The fraction of sp³-hybridized carbons (Fsp3) is 0.263. The molecule has 0 fully saturated rings. The second-order valence-corrected chi connectivity index (χ2v) is 5.66. The van der Waals surface area contributed by atoms with Gasteiger partial charge in [0.2, 0.25) is 5.91 Å². The maximum atomic E-state index is 12.2. The van der Waals surface area contributed by atoms with Crippen molar-refractivity contribution in [3.05, 3.63) is 60.2 Å². The van der Waals surface area contributed by atoms with Gasteiger partial charge < -0.3 is 15.4 Å². The number of amides is 2. The highest BCUT2D eigenvalue weighted by molar-refractivity contribution is 6.03. The van der Waals surface area contributed by atoms with Crippen LogP contribution in [0.3, 0.4) is 0 Å². The van der Waals surface area contributed by atoms with Gasteiger partial charge in [0.05, 0.1) is 17.9 Å². The molecule has 0 atom stereocenters. The number of hydrogen-bond acceptors (Lipinski definition) is 3. The van der Waals surface area contributed by atoms with Gasteiger partial charge in [-0.3, -0.25) is 9.59 Å². The summed E-state index contributed by atoms with van der Waals surface area (Å²) in [4.78, 5) is 24.0. The van der Waals surface area contributed by atoms with E-state index < -0.39 is 18.6 Å². The van der Waals surface area contributed by atoms with Crippen molar-refractivity contribution in [1.29, 1.82) is 0 Å². The molecule has 2 aromatic rings. The van der Waals surface area contributed by atoms with Gasteiger partial charge in [0.1, 0.15) is 12.3 Å². The Bertz CT molecular complexity index is 764. The van der Waals surface area contributed by atoms with Crippen LogP contribution in [-0.4, -0.2) is 31.1 Å². The molecule has 2 aromatic carbocycles. The Kier molecular flexibility index (Phi) is 7.22. The number of rotatable bonds is 8. The molecule has 0 aliphatic carbocycles. The van der Waals surface area contributed by atoms with E-state index in [1.807, 2.05) is 18.2 Å². The van der Waals surface area contributed by atoms with Crippen LogP contribution in [0.15, 0.2) is 54.6 Å². The number of halogens is 3. The van der Waals surface area contributed by atoms with Crippen molar-refractivity contribution in [3.63, 3.8) is 0 Å². The number of carbonyl (C=O) groups excluding carboxylic acids is 2. The maximum absolute atomic E-state index is 12.2. The summed E-state index contributed by atoms with van der Waals surface area (Å²) in [6.07, 6.45) is -3.92. The number of hydrogen-bond donors (Lipinski definition) is 2. The molecule has 8 heteroatoms. The fourth-order valence-electron chi connectivity index (χ4n) is 2.22. The van der Waals surface area contributed by atoms with E-state index >= 15 is 0 Å². The van der Waals surface area contributed by atoms with Gasteiger partial charge in [0, 0.05) is 6.42 Å². The minimum absolute atomic E-state index is 0.0318. The van der Waals surface area contributed by atoms with Crippen LogP contribution in [0.25, 0.3) is 0 Å². The summed E-state index contributed by atoms with van der Waals surface area (Å²) in [6.45, 7) is -1.10. The minimum atomic E-state index is -4.51. The highest BCUT2D eigenvalue weighted by Gasteiger charge is 2.28. The van der Waals surface area contributed by atoms with Crippen LogP contribution in [0.1, 0.15) is 23.2 Å². The van der Waals surface area contributed by atoms with E-state index in [-0.39, 0.29) is 23.6 Å². The molecular weight excluding hydrogens is 361 g/mol. The van der Waals surface area contributed by atoms with Crippen LogP contribution in [-0.2, 0) is 4.79 Å². The Balaban J connectivity index is 1.83. The first kappa shape index (κ1) is 20.3. The second kappa shape index (κ2) is 9.61. The molecule has 2 rings (SSSR count). The highest BCUT2D eigenvalue weighted by atomic mass is 19.4. The Labute approximate surface area is 154 Å². The molecule has 0 aliphatic heterocycles. The fourth-order valence-corrected chi connectivity index (χ4v) is 2.22. The average Bonchev–Trinajstić information content (AvgIpc) is 2.64. The molecule has 0 heterocycles. The first-order chi connectivity index (χ1) is 12.8. The molecule has 2 N–H and O–H groups in total. The lowest BCUT2D eigenvalue weighted by Crippen LogP contribution is -2.34. The predicted molar refractivity (Wildman–Crippen MR) is 94.6 cm³/mol. The summed E-state index contributed by atoms with van der Waals surface area (Å²) < 4.78 is 42.2. The van der Waals surface area contributed by atoms with E-state index in [0.29, 0.717) is 18.8 Å². The largest absolute Gasteiger partial charge is 0.494 e. The summed E-state index contributed by atoms with van der Waals surface area (Å²) in [6, 6.07) is 15.0. The van der Waals surface area contributed by atoms with Crippen molar-refractivity contribution in [2.24, 2.45) is 0 Å². The van der Waals surface area contributed by atoms with E-state index in [1.165, 1.54) is 18.2 Å². The second-order valence-electron chi connectivity index (χ2n) is 5.66. The van der Waals surface area contributed by atoms with E-state index in [2.05, 4.69) is 5.32 Å². The number of ether oxygens (including phenoxy) is 1. The van der Waals surface area contributed by atoms with Crippen LogP contribution in [0.5, 0.6) is 5.75 Å². The zero-order valence-electron chi connectivity index (χ0n) is 14.4. The molecule has 0 bridgehead atoms. The number of nitrogens with one attached hydrogen (secondary N) is 2. The van der Waals surface area contributed by atoms with Crippen molar-refractivity contribution in [2.45, 2.75) is 19.0 Å². The van der Waals surface area contributed by atoms with Crippen LogP contribution in [0, 0.1) is 0 Å². The summed E-state index contributed by atoms with van der Waals surface area (Å²) in [5, 5.41) is 4.34. The molecule has 144 valence electrons. The van der Waals surface area contributed by atoms with Gasteiger partial charge in [-0.25, -0.2) is 0 Å². The third-order valence-corrected chi connectivity index (χ3v) is 3.46. The smallest absolute Gasteiger partial charge is 0.405 e. The van der Waals surface area contributed by atoms with Crippen molar-refractivity contribution in [1.82, 2.24) is 5.32 Å². The van der Waals surface area contributed by atoms with Crippen molar-refractivity contribution < 1.29 is 27.5 Å². The molecule has 0 aromatic heterocycles. The highest BCUT2D eigenvalue weighted by Crippen LogP contribution is 2.17. The van der Waals surface area contributed by atoms with Crippen LogP contribution < -0.4 is 15.4 Å². The first-order valence-electron chi connectivity index (χ1n) is 8.27. The molecule has 5 nitrogen and oxygen atoms in total. The molecule has 27 heavy (non-hydrogen) atoms. The van der Waals surface area contributed by atoms with Gasteiger partial charge in [0.15, 0.2) is 0 Å². The number of anilines is 1. The molecule has 2 amide bonds. The lowest BCUT2D eigenvalue weighted by Gasteiger charge is -2.12. The zero-order chi connectivity index (χ0) is 19.7. The van der Waals surface area contributed by atoms with Crippen LogP contribution >= 0.6 is 0 Å². The monoisotopic (exact) mass is 380 g/mol. The van der Waals surface area contributed by atoms with Gasteiger partial charge in [-0.2, -0.15) is 13.2 Å². The molecule has 0 saturated carbocycles. The van der Waals surface area contributed by atoms with Crippen LogP contribution in [0.4, 0.5) is 18.9 Å². The zero-order valence-corrected chi connectivity index (χ0v) is 14.4. The van der Waals surface area contributed by atoms with E-state index in [0.717, 1.165) is 0 Å². The lowest BCUT2D eigenvalue weighted by molar-refractivity contribution is -0.123. The van der Waals surface area contributed by atoms with Crippen molar-refractivity contribution in [2.75, 3.05) is 18.5 Å². The third kappa shape index (κ3) is 7.39.